The molecule has 0 atom stereocenters. The van der Waals surface area contributed by atoms with Crippen molar-refractivity contribution in [2.45, 2.75) is 0 Å². The van der Waals surface area contributed by atoms with Crippen molar-refractivity contribution in [3.63, 3.8) is 0 Å². The summed E-state index contributed by atoms with van der Waals surface area (Å²) in [6.45, 7) is 0. The summed E-state index contributed by atoms with van der Waals surface area (Å²) in [5, 5.41) is 0. The summed E-state index contributed by atoms with van der Waals surface area (Å²) in [7, 11) is -7.33. The minimum absolute atomic E-state index is 0. The standard InChI is InChI=1S/C5H8FN2.ClH.F6P/c1-7-3-4-8(2)5(7)6;;1-7(2,3,4,5)6/h3-4H,1-2H3;1H;/q+1;;-1. The Morgan fingerprint density at radius 2 is 1.44 bits per heavy atom. The molecule has 0 saturated heterocycles. The van der Waals surface area contributed by atoms with Crippen LogP contribution in [0.5, 0.6) is 0 Å². The first-order chi connectivity index (χ1) is 6.16. The van der Waals surface area contributed by atoms with Gasteiger partial charge >= 0.3 is 39.1 Å². The number of aryl methyl sites for hydroxylation is 2. The van der Waals surface area contributed by atoms with Crippen LogP contribution in [0, 0.1) is 6.08 Å². The van der Waals surface area contributed by atoms with E-state index in [0.717, 1.165) is 0 Å². The minimum atomic E-state index is -10.7. The van der Waals surface area contributed by atoms with Gasteiger partial charge in [-0.15, -0.1) is 16.8 Å². The molecule has 1 heterocycles. The van der Waals surface area contributed by atoms with Crippen molar-refractivity contribution in [3.05, 3.63) is 18.5 Å². The van der Waals surface area contributed by atoms with Crippen molar-refractivity contribution < 1.29 is 34.1 Å². The molecule has 0 aliphatic carbocycles. The molecular formula is C5H9ClF7N2P. The fraction of sp³-hybridized carbons (Fsp3) is 0.400. The molecule has 0 aromatic carbocycles. The molecule has 0 N–H and O–H groups in total. The maximum atomic E-state index is 12.4. The van der Waals surface area contributed by atoms with Crippen molar-refractivity contribution in [3.8, 4) is 0 Å². The third-order valence-electron chi connectivity index (χ3n) is 1.10. The van der Waals surface area contributed by atoms with E-state index in [-0.39, 0.29) is 18.5 Å². The van der Waals surface area contributed by atoms with Gasteiger partial charge in [0.1, 0.15) is 12.4 Å². The molecule has 1 rings (SSSR count). The summed E-state index contributed by atoms with van der Waals surface area (Å²) in [5.74, 6) is 0. The SMILES string of the molecule is Cl.Cn1cc[n+](C)c1F.F[P-](F)(F)(F)(F)F. The third-order valence-corrected chi connectivity index (χ3v) is 1.10. The number of nitrogens with zero attached hydrogens (tertiary/aromatic N) is 2. The molecule has 0 fully saturated rings. The van der Waals surface area contributed by atoms with Crippen LogP contribution in [0.2, 0.25) is 0 Å². The molecule has 0 spiro atoms. The Morgan fingerprint density at radius 3 is 1.50 bits per heavy atom. The van der Waals surface area contributed by atoms with Crippen molar-refractivity contribution in [2.24, 2.45) is 14.1 Å². The molecule has 1 aromatic heterocycles. The summed E-state index contributed by atoms with van der Waals surface area (Å²) >= 11 is 0. The normalized spacial score (nSPS) is 15.1. The topological polar surface area (TPSA) is 8.81 Å². The first-order valence-electron chi connectivity index (χ1n) is 3.39. The van der Waals surface area contributed by atoms with E-state index in [0.29, 0.717) is 0 Å². The average molecular weight is 297 g/mol. The first-order valence-corrected chi connectivity index (χ1v) is 5.42. The van der Waals surface area contributed by atoms with E-state index >= 15 is 0 Å². The molecule has 1 aromatic rings. The van der Waals surface area contributed by atoms with Crippen LogP contribution in [0.15, 0.2) is 12.4 Å². The van der Waals surface area contributed by atoms with Crippen LogP contribution in [0.1, 0.15) is 0 Å². The molecule has 0 unspecified atom stereocenters. The van der Waals surface area contributed by atoms with Crippen molar-refractivity contribution in [1.29, 1.82) is 0 Å². The number of halogens is 8. The van der Waals surface area contributed by atoms with E-state index in [1.54, 1.807) is 26.5 Å². The number of imidazole rings is 1. The Labute approximate surface area is 92.3 Å². The first kappa shape index (κ1) is 17.8. The Morgan fingerprint density at radius 1 is 1.12 bits per heavy atom. The van der Waals surface area contributed by atoms with Gasteiger partial charge in [-0.25, -0.2) is 9.13 Å². The predicted molar refractivity (Wildman–Crippen MR) is 47.4 cm³/mol. The molecule has 0 amide bonds. The zero-order valence-corrected chi connectivity index (χ0v) is 9.76. The molecule has 16 heavy (non-hydrogen) atoms. The molecular weight excluding hydrogens is 287 g/mol. The van der Waals surface area contributed by atoms with Crippen LogP contribution in [-0.4, -0.2) is 4.57 Å². The average Bonchev–Trinajstić information content (AvgIpc) is 2.13. The summed E-state index contributed by atoms with van der Waals surface area (Å²) in [6.07, 6.45) is 3.09. The van der Waals surface area contributed by atoms with Gasteiger partial charge in [0.2, 0.25) is 0 Å². The summed E-state index contributed by atoms with van der Waals surface area (Å²) in [6, 6.07) is 0. The van der Waals surface area contributed by atoms with E-state index in [1.165, 1.54) is 9.13 Å². The van der Waals surface area contributed by atoms with E-state index in [9.17, 15) is 29.6 Å². The monoisotopic (exact) mass is 296 g/mol. The van der Waals surface area contributed by atoms with E-state index in [2.05, 4.69) is 0 Å². The van der Waals surface area contributed by atoms with E-state index in [1.807, 2.05) is 0 Å². The van der Waals surface area contributed by atoms with Gasteiger partial charge < -0.3 is 0 Å². The van der Waals surface area contributed by atoms with Gasteiger partial charge in [-0.1, -0.05) is 0 Å². The Balaban J connectivity index is 0. The van der Waals surface area contributed by atoms with Gasteiger partial charge in [0.15, 0.2) is 0 Å². The van der Waals surface area contributed by atoms with Gasteiger partial charge in [0, 0.05) is 0 Å². The molecule has 100 valence electrons. The zero-order chi connectivity index (χ0) is 12.6. The summed E-state index contributed by atoms with van der Waals surface area (Å²) in [5.41, 5.74) is 0. The van der Waals surface area contributed by atoms with E-state index < -0.39 is 7.81 Å². The molecule has 2 nitrogen and oxygen atoms in total. The number of rotatable bonds is 0. The number of aromatic nitrogens is 2. The molecule has 11 heteroatoms. The molecule has 0 radical (unpaired) electrons. The fourth-order valence-electron chi connectivity index (χ4n) is 0.572. The van der Waals surface area contributed by atoms with Gasteiger partial charge in [-0.05, 0) is 0 Å². The second-order valence-corrected chi connectivity index (χ2v) is 4.66. The van der Waals surface area contributed by atoms with Crippen LogP contribution < -0.4 is 4.57 Å². The number of hydrogen-bond donors (Lipinski definition) is 0. The van der Waals surface area contributed by atoms with Crippen LogP contribution in [0.25, 0.3) is 0 Å². The quantitative estimate of drug-likeness (QED) is 0.391. The van der Waals surface area contributed by atoms with Gasteiger partial charge in [0.25, 0.3) is 0 Å². The Kier molecular flexibility index (Phi) is 4.49. The summed E-state index contributed by atoms with van der Waals surface area (Å²) in [4.78, 5) is 0. The van der Waals surface area contributed by atoms with Gasteiger partial charge in [-0.3, -0.25) is 0 Å². The third kappa shape index (κ3) is 13.4. The fourth-order valence-corrected chi connectivity index (χ4v) is 0.572. The van der Waals surface area contributed by atoms with Crippen molar-refractivity contribution in [1.82, 2.24) is 4.57 Å². The summed E-state index contributed by atoms with van der Waals surface area (Å²) < 4.78 is 74.4. The molecule has 0 aliphatic heterocycles. The maximum absolute atomic E-state index is 12.4. The molecule has 0 aliphatic rings. The second-order valence-electron chi connectivity index (χ2n) is 2.75. The van der Waals surface area contributed by atoms with Crippen molar-refractivity contribution in [2.75, 3.05) is 0 Å². The van der Waals surface area contributed by atoms with Gasteiger partial charge in [0.05, 0.1) is 14.1 Å². The molecule has 0 saturated carbocycles. The second kappa shape index (κ2) is 4.03. The van der Waals surface area contributed by atoms with Crippen LogP contribution in [0.3, 0.4) is 0 Å². The number of hydrogen-bond acceptors (Lipinski definition) is 0. The van der Waals surface area contributed by atoms with Crippen LogP contribution in [0.4, 0.5) is 29.6 Å². The Bertz CT molecular complexity index is 324. The van der Waals surface area contributed by atoms with Gasteiger partial charge in [-0.2, -0.15) is 0 Å². The zero-order valence-electron chi connectivity index (χ0n) is 8.05. The predicted octanol–water partition coefficient (Wildman–Crippen LogP) is 3.79. The van der Waals surface area contributed by atoms with Crippen LogP contribution in [-0.2, 0) is 14.1 Å². The Hall–Kier alpha value is -0.560. The molecule has 0 bridgehead atoms. The van der Waals surface area contributed by atoms with Crippen molar-refractivity contribution >= 4 is 20.2 Å². The van der Waals surface area contributed by atoms with E-state index in [4.69, 9.17) is 0 Å². The van der Waals surface area contributed by atoms with Crippen LogP contribution >= 0.6 is 20.2 Å².